The van der Waals surface area contributed by atoms with Crippen LogP contribution in [0.15, 0.2) is 40.9 Å². The maximum atomic E-state index is 12.2. The van der Waals surface area contributed by atoms with Crippen LogP contribution in [0, 0.1) is 6.92 Å². The molecule has 2 aromatic carbocycles. The quantitative estimate of drug-likeness (QED) is 0.843. The molecule has 0 aliphatic rings. The molecule has 5 heteroatoms. The lowest BCUT2D eigenvalue weighted by Gasteiger charge is -2.10. The van der Waals surface area contributed by atoms with Crippen LogP contribution in [0.4, 0.5) is 11.4 Å². The monoisotopic (exact) mass is 334 g/mol. The normalized spacial score (nSPS) is 10.2. The largest absolute Gasteiger partial charge is 0.497 e. The summed E-state index contributed by atoms with van der Waals surface area (Å²) in [5.41, 5.74) is 8.50. The SMILES string of the molecule is COc1ccc(NC(=O)c2ccc(Br)c(N)c2)c(C)c1. The molecule has 0 aliphatic heterocycles. The van der Waals surface area contributed by atoms with Gasteiger partial charge in [-0.05, 0) is 64.8 Å². The molecule has 0 heterocycles. The number of benzene rings is 2. The molecule has 104 valence electrons. The number of rotatable bonds is 3. The van der Waals surface area contributed by atoms with Crippen molar-refractivity contribution in [2.45, 2.75) is 6.92 Å². The van der Waals surface area contributed by atoms with Crippen molar-refractivity contribution >= 4 is 33.2 Å². The summed E-state index contributed by atoms with van der Waals surface area (Å²) in [5.74, 6) is 0.561. The van der Waals surface area contributed by atoms with Crippen LogP contribution < -0.4 is 15.8 Å². The number of aryl methyl sites for hydroxylation is 1. The highest BCUT2D eigenvalue weighted by atomic mass is 79.9. The van der Waals surface area contributed by atoms with E-state index in [4.69, 9.17) is 10.5 Å². The molecule has 20 heavy (non-hydrogen) atoms. The maximum absolute atomic E-state index is 12.2. The molecule has 0 saturated heterocycles. The number of methoxy groups -OCH3 is 1. The van der Waals surface area contributed by atoms with Gasteiger partial charge in [0, 0.05) is 21.4 Å². The number of amides is 1. The number of ether oxygens (including phenoxy) is 1. The van der Waals surface area contributed by atoms with Crippen LogP contribution in [0.2, 0.25) is 0 Å². The third kappa shape index (κ3) is 3.11. The Morgan fingerprint density at radius 1 is 1.25 bits per heavy atom. The first-order valence-corrected chi connectivity index (χ1v) is 6.81. The summed E-state index contributed by atoms with van der Waals surface area (Å²) < 4.78 is 5.91. The molecule has 0 aliphatic carbocycles. The fourth-order valence-electron chi connectivity index (χ4n) is 1.78. The van der Waals surface area contributed by atoms with Gasteiger partial charge in [0.1, 0.15) is 5.75 Å². The highest BCUT2D eigenvalue weighted by Crippen LogP contribution is 2.23. The van der Waals surface area contributed by atoms with E-state index in [2.05, 4.69) is 21.2 Å². The van der Waals surface area contributed by atoms with Crippen molar-refractivity contribution in [3.8, 4) is 5.75 Å². The Balaban J connectivity index is 2.21. The summed E-state index contributed by atoms with van der Waals surface area (Å²) in [6.45, 7) is 1.91. The van der Waals surface area contributed by atoms with Crippen LogP contribution in [0.5, 0.6) is 5.75 Å². The number of carbonyl (C=O) groups excluding carboxylic acids is 1. The van der Waals surface area contributed by atoms with E-state index in [1.807, 2.05) is 19.1 Å². The van der Waals surface area contributed by atoms with E-state index in [-0.39, 0.29) is 5.91 Å². The van der Waals surface area contributed by atoms with Crippen LogP contribution in [0.1, 0.15) is 15.9 Å². The number of carbonyl (C=O) groups is 1. The van der Waals surface area contributed by atoms with Crippen LogP contribution in [-0.4, -0.2) is 13.0 Å². The second-order valence-electron chi connectivity index (χ2n) is 4.37. The first-order chi connectivity index (χ1) is 9.51. The van der Waals surface area contributed by atoms with Crippen molar-refractivity contribution in [1.82, 2.24) is 0 Å². The number of hydrogen-bond donors (Lipinski definition) is 2. The molecule has 4 nitrogen and oxygen atoms in total. The predicted molar refractivity (Wildman–Crippen MR) is 84.2 cm³/mol. The van der Waals surface area contributed by atoms with Gasteiger partial charge < -0.3 is 15.8 Å². The van der Waals surface area contributed by atoms with Gasteiger partial charge in [0.05, 0.1) is 7.11 Å². The topological polar surface area (TPSA) is 64.3 Å². The van der Waals surface area contributed by atoms with Gasteiger partial charge in [0.25, 0.3) is 5.91 Å². The van der Waals surface area contributed by atoms with Crippen molar-refractivity contribution in [2.24, 2.45) is 0 Å². The van der Waals surface area contributed by atoms with Crippen LogP contribution in [0.25, 0.3) is 0 Å². The third-order valence-corrected chi connectivity index (χ3v) is 3.66. The first-order valence-electron chi connectivity index (χ1n) is 6.02. The molecule has 1 amide bonds. The van der Waals surface area contributed by atoms with Gasteiger partial charge >= 0.3 is 0 Å². The summed E-state index contributed by atoms with van der Waals surface area (Å²) in [7, 11) is 1.61. The molecular formula is C15H15BrN2O2. The van der Waals surface area contributed by atoms with E-state index < -0.39 is 0 Å². The zero-order valence-electron chi connectivity index (χ0n) is 11.2. The predicted octanol–water partition coefficient (Wildman–Crippen LogP) is 3.60. The van der Waals surface area contributed by atoms with Gasteiger partial charge in [0.2, 0.25) is 0 Å². The van der Waals surface area contributed by atoms with Crippen LogP contribution in [0.3, 0.4) is 0 Å². The fourth-order valence-corrected chi connectivity index (χ4v) is 2.03. The molecule has 0 fully saturated rings. The average molecular weight is 335 g/mol. The Morgan fingerprint density at radius 2 is 2.00 bits per heavy atom. The van der Waals surface area contributed by atoms with Crippen LogP contribution >= 0.6 is 15.9 Å². The Hall–Kier alpha value is -2.01. The van der Waals surface area contributed by atoms with Crippen molar-refractivity contribution in [3.63, 3.8) is 0 Å². The highest BCUT2D eigenvalue weighted by molar-refractivity contribution is 9.10. The average Bonchev–Trinajstić information content (AvgIpc) is 2.43. The second-order valence-corrected chi connectivity index (χ2v) is 5.23. The molecule has 3 N–H and O–H groups in total. The number of nitrogens with one attached hydrogen (secondary N) is 1. The van der Waals surface area contributed by atoms with Gasteiger partial charge in [-0.15, -0.1) is 0 Å². The minimum Gasteiger partial charge on any atom is -0.497 e. The number of nitrogen functional groups attached to an aromatic ring is 1. The molecule has 0 aromatic heterocycles. The molecule has 0 saturated carbocycles. The Labute approximate surface area is 126 Å². The van der Waals surface area contributed by atoms with Crippen molar-refractivity contribution < 1.29 is 9.53 Å². The Morgan fingerprint density at radius 3 is 2.60 bits per heavy atom. The lowest BCUT2D eigenvalue weighted by atomic mass is 10.1. The Bertz CT molecular complexity index is 656. The maximum Gasteiger partial charge on any atom is 0.255 e. The van der Waals surface area contributed by atoms with Gasteiger partial charge in [-0.1, -0.05) is 0 Å². The lowest BCUT2D eigenvalue weighted by Crippen LogP contribution is -2.13. The van der Waals surface area contributed by atoms with Crippen molar-refractivity contribution in [3.05, 3.63) is 52.0 Å². The molecule has 0 unspecified atom stereocenters. The minimum atomic E-state index is -0.197. The summed E-state index contributed by atoms with van der Waals surface area (Å²) in [5, 5.41) is 2.86. The number of nitrogens with two attached hydrogens (primary N) is 1. The molecule has 0 radical (unpaired) electrons. The lowest BCUT2D eigenvalue weighted by molar-refractivity contribution is 0.102. The molecule has 2 rings (SSSR count). The van der Waals surface area contributed by atoms with E-state index >= 15 is 0 Å². The summed E-state index contributed by atoms with van der Waals surface area (Å²) in [6, 6.07) is 10.6. The summed E-state index contributed by atoms with van der Waals surface area (Å²) in [6.07, 6.45) is 0. The molecule has 0 atom stereocenters. The van der Waals surface area contributed by atoms with Crippen LogP contribution in [-0.2, 0) is 0 Å². The minimum absolute atomic E-state index is 0.197. The molecule has 0 spiro atoms. The number of hydrogen-bond acceptors (Lipinski definition) is 3. The summed E-state index contributed by atoms with van der Waals surface area (Å²) in [4.78, 5) is 12.2. The summed E-state index contributed by atoms with van der Waals surface area (Å²) >= 11 is 3.30. The first kappa shape index (κ1) is 14.4. The van der Waals surface area contributed by atoms with Crippen molar-refractivity contribution in [1.29, 1.82) is 0 Å². The van der Waals surface area contributed by atoms with Crippen molar-refractivity contribution in [2.75, 3.05) is 18.2 Å². The fraction of sp³-hybridized carbons (Fsp3) is 0.133. The molecule has 0 bridgehead atoms. The van der Waals surface area contributed by atoms with Gasteiger partial charge in [-0.25, -0.2) is 0 Å². The second kappa shape index (κ2) is 5.96. The zero-order chi connectivity index (χ0) is 14.7. The highest BCUT2D eigenvalue weighted by Gasteiger charge is 2.09. The van der Waals surface area contributed by atoms with E-state index in [0.717, 1.165) is 21.5 Å². The number of halogens is 1. The van der Waals surface area contributed by atoms with E-state index in [0.29, 0.717) is 11.3 Å². The van der Waals surface area contributed by atoms with Gasteiger partial charge in [-0.3, -0.25) is 4.79 Å². The third-order valence-electron chi connectivity index (χ3n) is 2.94. The standard InChI is InChI=1S/C15H15BrN2O2/c1-9-7-11(20-2)4-6-14(9)18-15(19)10-3-5-12(16)13(17)8-10/h3-8H,17H2,1-2H3,(H,18,19). The smallest absolute Gasteiger partial charge is 0.255 e. The Kier molecular flexibility index (Phi) is 4.29. The van der Waals surface area contributed by atoms with E-state index in [1.165, 1.54) is 0 Å². The molecular weight excluding hydrogens is 320 g/mol. The zero-order valence-corrected chi connectivity index (χ0v) is 12.8. The van der Waals surface area contributed by atoms with Gasteiger partial charge in [-0.2, -0.15) is 0 Å². The number of anilines is 2. The van der Waals surface area contributed by atoms with E-state index in [9.17, 15) is 4.79 Å². The van der Waals surface area contributed by atoms with E-state index in [1.54, 1.807) is 31.4 Å². The van der Waals surface area contributed by atoms with Gasteiger partial charge in [0.15, 0.2) is 0 Å². The molecule has 2 aromatic rings.